The van der Waals surface area contributed by atoms with Crippen molar-refractivity contribution in [1.82, 2.24) is 0 Å². The van der Waals surface area contributed by atoms with Crippen LogP contribution in [0.15, 0.2) is 36.5 Å². The van der Waals surface area contributed by atoms with Gasteiger partial charge in [0.15, 0.2) is 6.10 Å². The van der Waals surface area contributed by atoms with Gasteiger partial charge in [-0.1, -0.05) is 159 Å². The summed E-state index contributed by atoms with van der Waals surface area (Å²) in [6, 6.07) is 0. The highest BCUT2D eigenvalue weighted by atomic mass is 31.2. The SMILES string of the molecule is CCCCCC/C=C\C/C=C\CCCCCCCC(=O)OC(COC(=O)CCCCCCCCC/C=C\CCCCCCCCC)COP(=O)(O)OCC[N+](C)(C)C. The van der Waals surface area contributed by atoms with Gasteiger partial charge < -0.3 is 18.9 Å². The minimum atomic E-state index is -4.38. The Morgan fingerprint density at radius 2 is 0.931 bits per heavy atom. The van der Waals surface area contributed by atoms with Crippen molar-refractivity contribution in [3.05, 3.63) is 36.5 Å². The highest BCUT2D eigenvalue weighted by Gasteiger charge is 2.27. The molecule has 0 amide bonds. The molecule has 0 radical (unpaired) electrons. The van der Waals surface area contributed by atoms with Crippen LogP contribution in [0.25, 0.3) is 0 Å². The molecule has 0 spiro atoms. The number of hydrogen-bond donors (Lipinski definition) is 1. The molecule has 0 aromatic heterocycles. The standard InChI is InChI=1S/C48H90NO8P/c1-6-8-10-12-14-16-18-20-22-24-25-27-28-30-32-34-36-38-40-47(50)54-44-46(45-56-58(52,53)55-43-42-49(3,4)5)57-48(51)41-39-37-35-33-31-29-26-23-21-19-17-15-13-11-9-7-2/h17,19,22-24,26,46H,6-16,18,20-21,25,27-45H2,1-5H3/p+1/b19-17-,24-22-,26-23-. The lowest BCUT2D eigenvalue weighted by Gasteiger charge is -2.24. The summed E-state index contributed by atoms with van der Waals surface area (Å²) in [4.78, 5) is 35.4. The Balaban J connectivity index is 4.33. The highest BCUT2D eigenvalue weighted by Crippen LogP contribution is 2.43. The summed E-state index contributed by atoms with van der Waals surface area (Å²) in [5.74, 6) is -0.816. The predicted octanol–water partition coefficient (Wildman–Crippen LogP) is 13.7. The molecule has 0 aliphatic rings. The molecule has 0 saturated heterocycles. The summed E-state index contributed by atoms with van der Waals surface area (Å²) in [7, 11) is 1.47. The van der Waals surface area contributed by atoms with Crippen LogP contribution in [0.5, 0.6) is 0 Å². The van der Waals surface area contributed by atoms with Crippen LogP contribution in [-0.4, -0.2) is 74.9 Å². The number of quaternary nitrogens is 1. The van der Waals surface area contributed by atoms with E-state index in [2.05, 4.69) is 50.3 Å². The maximum Gasteiger partial charge on any atom is 0.472 e. The fraction of sp³-hybridized carbons (Fsp3) is 0.833. The van der Waals surface area contributed by atoms with E-state index in [1.54, 1.807) is 0 Å². The van der Waals surface area contributed by atoms with Crippen molar-refractivity contribution in [3.8, 4) is 0 Å². The summed E-state index contributed by atoms with van der Waals surface area (Å²) < 4.78 is 34.4. The van der Waals surface area contributed by atoms with Crippen molar-refractivity contribution in [2.45, 2.75) is 213 Å². The third-order valence-electron chi connectivity index (χ3n) is 10.1. The second kappa shape index (κ2) is 40.6. The van der Waals surface area contributed by atoms with Gasteiger partial charge in [-0.2, -0.15) is 0 Å². The normalized spacial score (nSPS) is 13.8. The van der Waals surface area contributed by atoms with Crippen LogP contribution in [0.1, 0.15) is 206 Å². The Labute approximate surface area is 357 Å². The van der Waals surface area contributed by atoms with Crippen LogP contribution in [0, 0.1) is 0 Å². The number of allylic oxidation sites excluding steroid dienone is 6. The number of phosphoric acid groups is 1. The minimum absolute atomic E-state index is 0.0281. The topological polar surface area (TPSA) is 108 Å². The molecule has 9 nitrogen and oxygen atoms in total. The average molecular weight is 841 g/mol. The molecular weight excluding hydrogens is 750 g/mol. The van der Waals surface area contributed by atoms with Crippen molar-refractivity contribution < 1.29 is 42.1 Å². The van der Waals surface area contributed by atoms with Crippen LogP contribution in [0.3, 0.4) is 0 Å². The predicted molar refractivity (Wildman–Crippen MR) is 243 cm³/mol. The van der Waals surface area contributed by atoms with E-state index in [1.807, 2.05) is 21.1 Å². The number of carbonyl (C=O) groups is 2. The number of rotatable bonds is 43. The Bertz CT molecular complexity index is 1090. The minimum Gasteiger partial charge on any atom is -0.462 e. The summed E-state index contributed by atoms with van der Waals surface area (Å²) in [6.45, 7) is 4.39. The smallest absolute Gasteiger partial charge is 0.462 e. The van der Waals surface area contributed by atoms with Crippen LogP contribution in [-0.2, 0) is 32.7 Å². The van der Waals surface area contributed by atoms with E-state index in [1.165, 1.54) is 116 Å². The lowest BCUT2D eigenvalue weighted by Crippen LogP contribution is -2.37. The molecule has 0 fully saturated rings. The van der Waals surface area contributed by atoms with Crippen molar-refractivity contribution in [2.24, 2.45) is 0 Å². The number of esters is 2. The first-order chi connectivity index (χ1) is 28.0. The maximum atomic E-state index is 12.7. The molecule has 2 atom stereocenters. The fourth-order valence-corrected chi connectivity index (χ4v) is 7.13. The Kier molecular flexibility index (Phi) is 39.4. The summed E-state index contributed by atoms with van der Waals surface area (Å²) >= 11 is 0. The van der Waals surface area contributed by atoms with Crippen molar-refractivity contribution in [2.75, 3.05) is 47.5 Å². The van der Waals surface area contributed by atoms with Crippen LogP contribution >= 0.6 is 7.82 Å². The van der Waals surface area contributed by atoms with E-state index in [0.29, 0.717) is 17.4 Å². The maximum absolute atomic E-state index is 12.7. The van der Waals surface area contributed by atoms with Gasteiger partial charge in [0, 0.05) is 12.8 Å². The van der Waals surface area contributed by atoms with Crippen LogP contribution in [0.2, 0.25) is 0 Å². The van der Waals surface area contributed by atoms with Crippen molar-refractivity contribution in [3.63, 3.8) is 0 Å². The second-order valence-corrected chi connectivity index (χ2v) is 18.6. The number of ether oxygens (including phenoxy) is 2. The van der Waals surface area contributed by atoms with Gasteiger partial charge in [-0.25, -0.2) is 4.57 Å². The number of phosphoric ester groups is 1. The number of hydrogen-bond acceptors (Lipinski definition) is 7. The van der Waals surface area contributed by atoms with Crippen molar-refractivity contribution in [1.29, 1.82) is 0 Å². The van der Waals surface area contributed by atoms with Gasteiger partial charge in [-0.3, -0.25) is 18.6 Å². The van der Waals surface area contributed by atoms with E-state index in [0.717, 1.165) is 57.8 Å². The van der Waals surface area contributed by atoms with Gasteiger partial charge in [0.05, 0.1) is 27.7 Å². The molecule has 340 valence electrons. The largest absolute Gasteiger partial charge is 0.472 e. The lowest BCUT2D eigenvalue weighted by atomic mass is 10.1. The first-order valence-electron chi connectivity index (χ1n) is 23.7. The number of carbonyl (C=O) groups excluding carboxylic acids is 2. The zero-order chi connectivity index (χ0) is 42.8. The molecule has 58 heavy (non-hydrogen) atoms. The van der Waals surface area contributed by atoms with Crippen LogP contribution < -0.4 is 0 Å². The third kappa shape index (κ3) is 43.8. The molecule has 1 N–H and O–H groups in total. The molecule has 0 aliphatic carbocycles. The van der Waals surface area contributed by atoms with E-state index in [9.17, 15) is 19.0 Å². The zero-order valence-electron chi connectivity index (χ0n) is 38.3. The zero-order valence-corrected chi connectivity index (χ0v) is 39.2. The summed E-state index contributed by atoms with van der Waals surface area (Å²) in [5, 5.41) is 0. The second-order valence-electron chi connectivity index (χ2n) is 17.1. The van der Waals surface area contributed by atoms with E-state index in [4.69, 9.17) is 18.5 Å². The lowest BCUT2D eigenvalue weighted by molar-refractivity contribution is -0.870. The molecule has 0 aromatic carbocycles. The van der Waals surface area contributed by atoms with Gasteiger partial charge in [0.25, 0.3) is 0 Å². The molecule has 2 unspecified atom stereocenters. The number of likely N-dealkylation sites (N-methyl/N-ethyl adjacent to an activating group) is 1. The van der Waals surface area contributed by atoms with Gasteiger partial charge >= 0.3 is 19.8 Å². The molecule has 10 heteroatoms. The van der Waals surface area contributed by atoms with E-state index >= 15 is 0 Å². The van der Waals surface area contributed by atoms with E-state index < -0.39 is 26.5 Å². The molecule has 0 saturated carbocycles. The van der Waals surface area contributed by atoms with E-state index in [-0.39, 0.29) is 32.0 Å². The monoisotopic (exact) mass is 841 g/mol. The van der Waals surface area contributed by atoms with Gasteiger partial charge in [0.1, 0.15) is 19.8 Å². The molecule has 0 rings (SSSR count). The summed E-state index contributed by atoms with van der Waals surface area (Å²) in [6.07, 6.45) is 46.1. The highest BCUT2D eigenvalue weighted by molar-refractivity contribution is 7.47. The Hall–Kier alpha value is -1.77. The van der Waals surface area contributed by atoms with Crippen LogP contribution in [0.4, 0.5) is 0 Å². The molecule has 0 aliphatic heterocycles. The Morgan fingerprint density at radius 1 is 0.534 bits per heavy atom. The first-order valence-corrected chi connectivity index (χ1v) is 25.2. The van der Waals surface area contributed by atoms with Gasteiger partial charge in [-0.15, -0.1) is 0 Å². The Morgan fingerprint density at radius 3 is 1.40 bits per heavy atom. The first kappa shape index (κ1) is 56.2. The summed E-state index contributed by atoms with van der Waals surface area (Å²) in [5.41, 5.74) is 0. The molecule has 0 bridgehead atoms. The van der Waals surface area contributed by atoms with Gasteiger partial charge in [0.2, 0.25) is 0 Å². The third-order valence-corrected chi connectivity index (χ3v) is 11.1. The molecule has 0 aromatic rings. The molecular formula is C48H91NO8P+. The fourth-order valence-electron chi connectivity index (χ4n) is 6.39. The van der Waals surface area contributed by atoms with Gasteiger partial charge in [-0.05, 0) is 70.6 Å². The number of nitrogens with zero attached hydrogens (tertiary/aromatic N) is 1. The van der Waals surface area contributed by atoms with Crippen molar-refractivity contribution >= 4 is 19.8 Å². The molecule has 0 heterocycles. The number of unbranched alkanes of at least 4 members (excludes halogenated alkanes) is 23. The average Bonchev–Trinajstić information content (AvgIpc) is 3.17. The quantitative estimate of drug-likeness (QED) is 0.0213.